The van der Waals surface area contributed by atoms with E-state index in [9.17, 15) is 0 Å². The number of hydrogen-bond acceptors (Lipinski definition) is 4. The second kappa shape index (κ2) is 6.20. The van der Waals surface area contributed by atoms with Gasteiger partial charge in [0.25, 0.3) is 0 Å². The van der Waals surface area contributed by atoms with Crippen molar-refractivity contribution in [2.75, 3.05) is 33.4 Å². The first-order chi connectivity index (χ1) is 9.82. The van der Waals surface area contributed by atoms with Crippen LogP contribution in [-0.2, 0) is 16.0 Å². The van der Waals surface area contributed by atoms with Crippen LogP contribution >= 0.6 is 0 Å². The van der Waals surface area contributed by atoms with Gasteiger partial charge < -0.3 is 9.47 Å². The average Bonchev–Trinajstić information content (AvgIpc) is 2.48. The summed E-state index contributed by atoms with van der Waals surface area (Å²) in [6, 6.07) is 6.13. The number of nitrogens with zero attached hydrogens (tertiary/aromatic N) is 2. The molecule has 4 heteroatoms. The molecule has 1 aromatic rings. The third kappa shape index (κ3) is 2.87. The van der Waals surface area contributed by atoms with Crippen molar-refractivity contribution in [3.8, 4) is 0 Å². The maximum atomic E-state index is 6.01. The summed E-state index contributed by atoms with van der Waals surface area (Å²) in [5.41, 5.74) is 1.33. The van der Waals surface area contributed by atoms with Crippen LogP contribution in [0.3, 0.4) is 0 Å². The van der Waals surface area contributed by atoms with Crippen molar-refractivity contribution in [1.82, 2.24) is 9.88 Å². The van der Waals surface area contributed by atoms with Gasteiger partial charge in [-0.05, 0) is 31.4 Å². The predicted octanol–water partition coefficient (Wildman–Crippen LogP) is 2.10. The molecule has 3 rings (SSSR count). The third-order valence-electron chi connectivity index (χ3n) is 4.61. The molecule has 2 fully saturated rings. The van der Waals surface area contributed by atoms with Gasteiger partial charge in [-0.3, -0.25) is 9.88 Å². The van der Waals surface area contributed by atoms with Crippen LogP contribution in [0, 0.1) is 5.41 Å². The van der Waals surface area contributed by atoms with E-state index in [2.05, 4.69) is 22.0 Å². The van der Waals surface area contributed by atoms with Crippen molar-refractivity contribution in [3.63, 3.8) is 0 Å². The molecule has 0 aromatic carbocycles. The van der Waals surface area contributed by atoms with Crippen LogP contribution in [0.4, 0.5) is 0 Å². The number of fused-ring (bicyclic) bond motifs is 1. The fourth-order valence-electron chi connectivity index (χ4n) is 3.74. The fraction of sp³-hybridized carbons (Fsp3) is 0.688. The lowest BCUT2D eigenvalue weighted by Crippen LogP contribution is -2.56. The zero-order valence-electron chi connectivity index (χ0n) is 12.3. The van der Waals surface area contributed by atoms with E-state index in [0.29, 0.717) is 6.10 Å². The van der Waals surface area contributed by atoms with Crippen molar-refractivity contribution < 1.29 is 9.47 Å². The summed E-state index contributed by atoms with van der Waals surface area (Å²) >= 11 is 0. The summed E-state index contributed by atoms with van der Waals surface area (Å²) in [6.07, 6.45) is 5.71. The van der Waals surface area contributed by atoms with Crippen molar-refractivity contribution in [2.45, 2.75) is 31.9 Å². The van der Waals surface area contributed by atoms with Crippen molar-refractivity contribution >= 4 is 0 Å². The minimum absolute atomic E-state index is 0.181. The van der Waals surface area contributed by atoms with Gasteiger partial charge in [0, 0.05) is 45.0 Å². The Balaban J connectivity index is 1.70. The maximum absolute atomic E-state index is 6.01. The molecule has 4 nitrogen and oxygen atoms in total. The summed E-state index contributed by atoms with van der Waals surface area (Å²) in [5, 5.41) is 0. The maximum Gasteiger partial charge on any atom is 0.0677 e. The highest BCUT2D eigenvalue weighted by molar-refractivity contribution is 5.05. The molecule has 0 radical (unpaired) electrons. The quantitative estimate of drug-likeness (QED) is 0.843. The number of rotatable bonds is 4. The minimum Gasteiger partial charge on any atom is -0.384 e. The highest BCUT2D eigenvalue weighted by Crippen LogP contribution is 2.40. The van der Waals surface area contributed by atoms with Crippen molar-refractivity contribution in [2.24, 2.45) is 5.41 Å². The normalized spacial score (nSPS) is 30.9. The van der Waals surface area contributed by atoms with Gasteiger partial charge in [0.1, 0.15) is 0 Å². The van der Waals surface area contributed by atoms with Gasteiger partial charge in [0.15, 0.2) is 0 Å². The summed E-state index contributed by atoms with van der Waals surface area (Å²) in [7, 11) is 1.80. The van der Waals surface area contributed by atoms with E-state index in [0.717, 1.165) is 51.4 Å². The first-order valence-electron chi connectivity index (χ1n) is 7.55. The molecule has 0 saturated carbocycles. The molecule has 0 spiro atoms. The van der Waals surface area contributed by atoms with E-state index >= 15 is 0 Å². The molecule has 2 atom stereocenters. The molecule has 0 amide bonds. The number of likely N-dealkylation sites (tertiary alicyclic amines) is 1. The minimum atomic E-state index is 0.181. The van der Waals surface area contributed by atoms with Gasteiger partial charge in [-0.2, -0.15) is 0 Å². The highest BCUT2D eigenvalue weighted by atomic mass is 16.5. The van der Waals surface area contributed by atoms with Gasteiger partial charge in [-0.1, -0.05) is 6.07 Å². The lowest BCUT2D eigenvalue weighted by atomic mass is 9.73. The Hall–Kier alpha value is -0.970. The first-order valence-corrected chi connectivity index (χ1v) is 7.55. The number of methoxy groups -OCH3 is 1. The van der Waals surface area contributed by atoms with E-state index < -0.39 is 0 Å². The molecule has 0 aliphatic carbocycles. The second-order valence-electron chi connectivity index (χ2n) is 6.08. The molecule has 110 valence electrons. The molecule has 1 aromatic heterocycles. The Morgan fingerprint density at radius 1 is 1.50 bits per heavy atom. The lowest BCUT2D eigenvalue weighted by Gasteiger charge is -2.50. The predicted molar refractivity (Wildman–Crippen MR) is 77.4 cm³/mol. The topological polar surface area (TPSA) is 34.6 Å². The molecular formula is C16H24N2O2. The molecule has 2 aliphatic rings. The van der Waals surface area contributed by atoms with E-state index in [-0.39, 0.29) is 5.41 Å². The number of ether oxygens (including phenoxy) is 2. The second-order valence-corrected chi connectivity index (χ2v) is 6.08. The molecule has 0 unspecified atom stereocenters. The Morgan fingerprint density at radius 2 is 2.45 bits per heavy atom. The molecule has 3 heterocycles. The third-order valence-corrected chi connectivity index (χ3v) is 4.61. The Bertz CT molecular complexity index is 422. The van der Waals surface area contributed by atoms with Gasteiger partial charge in [-0.15, -0.1) is 0 Å². The number of aromatic nitrogens is 1. The molecule has 2 aliphatic heterocycles. The molecule has 0 bridgehead atoms. The van der Waals surface area contributed by atoms with E-state index in [1.807, 2.05) is 12.3 Å². The van der Waals surface area contributed by atoms with Crippen LogP contribution in [-0.4, -0.2) is 49.4 Å². The molecule has 2 saturated heterocycles. The van der Waals surface area contributed by atoms with E-state index in [4.69, 9.17) is 9.47 Å². The largest absolute Gasteiger partial charge is 0.384 e. The van der Waals surface area contributed by atoms with Crippen molar-refractivity contribution in [1.29, 1.82) is 0 Å². The first kappa shape index (κ1) is 14.0. The van der Waals surface area contributed by atoms with Gasteiger partial charge in [0.2, 0.25) is 0 Å². The van der Waals surface area contributed by atoms with Crippen LogP contribution < -0.4 is 0 Å². The summed E-state index contributed by atoms with van der Waals surface area (Å²) in [6.45, 7) is 4.79. The zero-order valence-corrected chi connectivity index (χ0v) is 12.3. The summed E-state index contributed by atoms with van der Waals surface area (Å²) < 4.78 is 11.5. The fourth-order valence-corrected chi connectivity index (χ4v) is 3.74. The smallest absolute Gasteiger partial charge is 0.0677 e. The lowest BCUT2D eigenvalue weighted by molar-refractivity contribution is -0.149. The number of piperidine rings is 1. The van der Waals surface area contributed by atoms with Crippen LogP contribution in [0.15, 0.2) is 24.4 Å². The molecule has 20 heavy (non-hydrogen) atoms. The van der Waals surface area contributed by atoms with Crippen LogP contribution in [0.25, 0.3) is 0 Å². The van der Waals surface area contributed by atoms with Crippen LogP contribution in [0.2, 0.25) is 0 Å². The Morgan fingerprint density at radius 3 is 3.25 bits per heavy atom. The zero-order chi connectivity index (χ0) is 13.8. The van der Waals surface area contributed by atoms with Gasteiger partial charge in [0.05, 0.1) is 18.4 Å². The average molecular weight is 276 g/mol. The summed E-state index contributed by atoms with van der Waals surface area (Å²) in [4.78, 5) is 6.95. The standard InChI is InChI=1S/C16H24N2O2/c1-19-13-16-7-4-10-20-15(16)6-9-18(12-16)11-14-5-2-3-8-17-14/h2-3,5,8,15H,4,6-7,9-13H2,1H3/t15-,16+/m0/s1. The Labute approximate surface area is 121 Å². The van der Waals surface area contributed by atoms with Gasteiger partial charge in [-0.25, -0.2) is 0 Å². The number of hydrogen-bond donors (Lipinski definition) is 0. The number of pyridine rings is 1. The van der Waals surface area contributed by atoms with E-state index in [1.165, 1.54) is 6.42 Å². The van der Waals surface area contributed by atoms with Crippen LogP contribution in [0.1, 0.15) is 25.0 Å². The Kier molecular flexibility index (Phi) is 4.34. The van der Waals surface area contributed by atoms with Gasteiger partial charge >= 0.3 is 0 Å². The van der Waals surface area contributed by atoms with Crippen molar-refractivity contribution in [3.05, 3.63) is 30.1 Å². The monoisotopic (exact) mass is 276 g/mol. The molecule has 0 N–H and O–H groups in total. The highest BCUT2D eigenvalue weighted by Gasteiger charge is 2.45. The SMILES string of the molecule is COC[C@]12CCCO[C@H]1CCN(Cc1ccccn1)C2. The molecular weight excluding hydrogens is 252 g/mol. The summed E-state index contributed by atoms with van der Waals surface area (Å²) in [5.74, 6) is 0. The van der Waals surface area contributed by atoms with E-state index in [1.54, 1.807) is 7.11 Å². The van der Waals surface area contributed by atoms with Crippen LogP contribution in [0.5, 0.6) is 0 Å².